The highest BCUT2D eigenvalue weighted by atomic mass is 32.1. The van der Waals surface area contributed by atoms with Gasteiger partial charge < -0.3 is 0 Å². The highest BCUT2D eigenvalue weighted by Gasteiger charge is 2.19. The minimum absolute atomic E-state index is 0.663. The third kappa shape index (κ3) is 4.68. The van der Waals surface area contributed by atoms with Gasteiger partial charge in [0.1, 0.15) is 0 Å². The third-order valence-corrected chi connectivity index (χ3v) is 8.93. The van der Waals surface area contributed by atoms with Gasteiger partial charge in [0.25, 0.3) is 0 Å². The molecule has 0 radical (unpaired) electrons. The zero-order valence-electron chi connectivity index (χ0n) is 23.2. The fourth-order valence-corrected chi connectivity index (χ4v) is 6.92. The summed E-state index contributed by atoms with van der Waals surface area (Å²) in [6, 6.07) is 52.7. The van der Waals surface area contributed by atoms with Crippen molar-refractivity contribution in [1.82, 2.24) is 15.0 Å². The van der Waals surface area contributed by atoms with Crippen LogP contribution >= 0.6 is 11.3 Å². The largest absolute Gasteiger partial charge is 0.208 e. The van der Waals surface area contributed by atoms with Gasteiger partial charge in [-0.3, -0.25) is 0 Å². The molecule has 6 aromatic carbocycles. The van der Waals surface area contributed by atoms with E-state index in [4.69, 9.17) is 15.0 Å². The van der Waals surface area contributed by atoms with Gasteiger partial charge in [-0.1, -0.05) is 133 Å². The molecule has 0 saturated carbocycles. The Morgan fingerprint density at radius 3 is 1.47 bits per heavy atom. The lowest BCUT2D eigenvalue weighted by atomic mass is 9.95. The molecule has 0 saturated heterocycles. The number of fused-ring (bicyclic) bond motifs is 3. The number of nitrogens with zero attached hydrogens (tertiary/aromatic N) is 3. The van der Waals surface area contributed by atoms with Gasteiger partial charge in [0, 0.05) is 42.4 Å². The first-order chi connectivity index (χ1) is 21.3. The second-order valence-electron chi connectivity index (χ2n) is 10.5. The molecule has 43 heavy (non-hydrogen) atoms. The van der Waals surface area contributed by atoms with Gasteiger partial charge in [-0.15, -0.1) is 11.3 Å². The Labute approximate surface area is 253 Å². The van der Waals surface area contributed by atoms with E-state index in [0.29, 0.717) is 17.5 Å². The molecule has 2 heterocycles. The van der Waals surface area contributed by atoms with Crippen molar-refractivity contribution in [3.05, 3.63) is 152 Å². The van der Waals surface area contributed by atoms with Crippen LogP contribution in [-0.4, -0.2) is 15.0 Å². The summed E-state index contributed by atoms with van der Waals surface area (Å²) >= 11 is 1.83. The molecule has 8 rings (SSSR count). The Bertz CT molecular complexity index is 2150. The Balaban J connectivity index is 1.43. The molecule has 0 atom stereocenters. The highest BCUT2D eigenvalue weighted by Crippen LogP contribution is 2.45. The van der Waals surface area contributed by atoms with Gasteiger partial charge >= 0.3 is 0 Å². The van der Waals surface area contributed by atoms with Crippen molar-refractivity contribution in [3.8, 4) is 56.4 Å². The van der Waals surface area contributed by atoms with Gasteiger partial charge in [-0.2, -0.15) is 0 Å². The molecule has 0 aliphatic carbocycles. The SMILES string of the molecule is c1ccc(-c2cc(-c3ccccc3)c3sc4cccc(-c5nc(-c6ccccc6)nc(-c6ccccc6)n5)c4c3c2)cc1. The summed E-state index contributed by atoms with van der Waals surface area (Å²) in [5.41, 5.74) is 7.74. The molecule has 0 aliphatic heterocycles. The van der Waals surface area contributed by atoms with Crippen molar-refractivity contribution < 1.29 is 0 Å². The number of aromatic nitrogens is 3. The topological polar surface area (TPSA) is 38.7 Å². The van der Waals surface area contributed by atoms with Crippen LogP contribution in [0.2, 0.25) is 0 Å². The molecular weight excluding hydrogens is 543 g/mol. The fourth-order valence-electron chi connectivity index (χ4n) is 5.67. The fraction of sp³-hybridized carbons (Fsp3) is 0. The van der Waals surface area contributed by atoms with E-state index in [1.807, 2.05) is 72.0 Å². The first kappa shape index (κ1) is 25.3. The second kappa shape index (κ2) is 10.8. The van der Waals surface area contributed by atoms with Crippen LogP contribution in [0.15, 0.2) is 152 Å². The molecule has 0 bridgehead atoms. The molecule has 4 heteroatoms. The van der Waals surface area contributed by atoms with Crippen molar-refractivity contribution in [2.24, 2.45) is 0 Å². The van der Waals surface area contributed by atoms with E-state index >= 15 is 0 Å². The van der Waals surface area contributed by atoms with Crippen LogP contribution in [0.5, 0.6) is 0 Å². The molecule has 0 unspecified atom stereocenters. The van der Waals surface area contributed by atoms with Crippen LogP contribution in [0.4, 0.5) is 0 Å². The van der Waals surface area contributed by atoms with E-state index in [1.54, 1.807) is 0 Å². The summed E-state index contributed by atoms with van der Waals surface area (Å²) < 4.78 is 2.46. The molecule has 8 aromatic rings. The van der Waals surface area contributed by atoms with Crippen molar-refractivity contribution in [1.29, 1.82) is 0 Å². The van der Waals surface area contributed by atoms with Gasteiger partial charge in [-0.05, 0) is 34.9 Å². The maximum absolute atomic E-state index is 5.08. The zero-order valence-corrected chi connectivity index (χ0v) is 24.0. The van der Waals surface area contributed by atoms with E-state index in [1.165, 1.54) is 42.4 Å². The normalized spacial score (nSPS) is 11.3. The molecule has 3 nitrogen and oxygen atoms in total. The van der Waals surface area contributed by atoms with Crippen LogP contribution in [0.25, 0.3) is 76.6 Å². The number of rotatable bonds is 5. The molecule has 0 spiro atoms. The summed E-state index contributed by atoms with van der Waals surface area (Å²) in [6.45, 7) is 0. The molecule has 0 aliphatic rings. The Kier molecular flexibility index (Phi) is 6.32. The lowest BCUT2D eigenvalue weighted by Gasteiger charge is -2.11. The summed E-state index contributed by atoms with van der Waals surface area (Å²) in [5.74, 6) is 2.00. The lowest BCUT2D eigenvalue weighted by molar-refractivity contribution is 1.08. The maximum Gasteiger partial charge on any atom is 0.164 e. The summed E-state index contributed by atoms with van der Waals surface area (Å²) in [4.78, 5) is 15.1. The smallest absolute Gasteiger partial charge is 0.164 e. The van der Waals surface area contributed by atoms with Crippen LogP contribution in [0.1, 0.15) is 0 Å². The standard InChI is InChI=1S/C39H25N3S/c1-5-14-26(15-6-1)30-24-32(27-16-7-2-8-17-27)36-33(25-30)35-31(22-13-23-34(35)43-36)39-41-37(28-18-9-3-10-19-28)40-38(42-39)29-20-11-4-12-21-29/h1-25H. The number of hydrogen-bond donors (Lipinski definition) is 0. The summed E-state index contributed by atoms with van der Waals surface area (Å²) in [6.07, 6.45) is 0. The maximum atomic E-state index is 5.08. The Hall–Kier alpha value is -5.45. The Morgan fingerprint density at radius 2 is 0.884 bits per heavy atom. The summed E-state index contributed by atoms with van der Waals surface area (Å²) in [7, 11) is 0. The minimum atomic E-state index is 0.663. The predicted molar refractivity (Wildman–Crippen MR) is 180 cm³/mol. The Morgan fingerprint density at radius 1 is 0.372 bits per heavy atom. The molecule has 0 amide bonds. The average Bonchev–Trinajstić information content (AvgIpc) is 3.48. The monoisotopic (exact) mass is 567 g/mol. The number of benzene rings is 6. The number of thiophene rings is 1. The van der Waals surface area contributed by atoms with Crippen molar-refractivity contribution in [2.75, 3.05) is 0 Å². The van der Waals surface area contributed by atoms with Gasteiger partial charge in [0.05, 0.1) is 0 Å². The first-order valence-electron chi connectivity index (χ1n) is 14.3. The van der Waals surface area contributed by atoms with Crippen LogP contribution in [0, 0.1) is 0 Å². The van der Waals surface area contributed by atoms with E-state index in [-0.39, 0.29) is 0 Å². The first-order valence-corrected chi connectivity index (χ1v) is 15.1. The highest BCUT2D eigenvalue weighted by molar-refractivity contribution is 7.26. The van der Waals surface area contributed by atoms with Gasteiger partial charge in [-0.25, -0.2) is 15.0 Å². The predicted octanol–water partition coefficient (Wildman–Crippen LogP) is 10.6. The molecule has 0 N–H and O–H groups in total. The minimum Gasteiger partial charge on any atom is -0.208 e. The number of hydrogen-bond acceptors (Lipinski definition) is 4. The van der Waals surface area contributed by atoms with Crippen molar-refractivity contribution in [3.63, 3.8) is 0 Å². The average molecular weight is 568 g/mol. The van der Waals surface area contributed by atoms with Crippen LogP contribution in [0.3, 0.4) is 0 Å². The van der Waals surface area contributed by atoms with E-state index in [2.05, 4.69) is 91.0 Å². The van der Waals surface area contributed by atoms with Crippen molar-refractivity contribution >= 4 is 31.5 Å². The van der Waals surface area contributed by atoms with E-state index in [9.17, 15) is 0 Å². The molecule has 202 valence electrons. The summed E-state index contributed by atoms with van der Waals surface area (Å²) in [5, 5.41) is 2.38. The van der Waals surface area contributed by atoms with Crippen LogP contribution < -0.4 is 0 Å². The molecular formula is C39H25N3S. The molecule has 0 fully saturated rings. The quantitative estimate of drug-likeness (QED) is 0.208. The van der Waals surface area contributed by atoms with Gasteiger partial charge in [0.15, 0.2) is 17.5 Å². The van der Waals surface area contributed by atoms with Crippen LogP contribution in [-0.2, 0) is 0 Å². The van der Waals surface area contributed by atoms with Gasteiger partial charge in [0.2, 0.25) is 0 Å². The van der Waals surface area contributed by atoms with Crippen molar-refractivity contribution in [2.45, 2.75) is 0 Å². The van der Waals surface area contributed by atoms with E-state index in [0.717, 1.165) is 16.7 Å². The third-order valence-electron chi connectivity index (χ3n) is 7.73. The zero-order chi connectivity index (χ0) is 28.6. The second-order valence-corrected chi connectivity index (χ2v) is 11.5. The molecule has 2 aromatic heterocycles. The van der Waals surface area contributed by atoms with E-state index < -0.39 is 0 Å². The lowest BCUT2D eigenvalue weighted by Crippen LogP contribution is -2.00.